The molecular weight excluding hydrogens is 226 g/mol. The smallest absolute Gasteiger partial charge is 0.391 e. The normalized spacial score (nSPS) is 15.8. The molecule has 84 valence electrons. The zero-order valence-corrected chi connectivity index (χ0v) is 9.82. The zero-order chi connectivity index (χ0) is 11.5. The number of rotatable bonds is 2. The number of hydrogen-bond acceptors (Lipinski definition) is 5. The molecule has 1 aliphatic heterocycles. The average Bonchev–Trinajstić information content (AvgIpc) is 2.33. The predicted molar refractivity (Wildman–Crippen MR) is 61.7 cm³/mol. The minimum atomic E-state index is -0.390. The van der Waals surface area contributed by atoms with Gasteiger partial charge in [-0.05, 0) is 18.4 Å². The van der Waals surface area contributed by atoms with Gasteiger partial charge in [-0.2, -0.15) is 0 Å². The van der Waals surface area contributed by atoms with E-state index < -0.39 is 0 Å². The molecule has 16 heavy (non-hydrogen) atoms. The minimum absolute atomic E-state index is 0.318. The third-order valence-electron chi connectivity index (χ3n) is 2.11. The van der Waals surface area contributed by atoms with Gasteiger partial charge in [0.15, 0.2) is 0 Å². The van der Waals surface area contributed by atoms with Crippen LogP contribution in [-0.4, -0.2) is 41.8 Å². The molecule has 5 nitrogen and oxygen atoms in total. The number of nitrogens with zero attached hydrogens (tertiary/aromatic N) is 3. The Balaban J connectivity index is 2.21. The van der Waals surface area contributed by atoms with Crippen molar-refractivity contribution in [1.82, 2.24) is 9.88 Å². The van der Waals surface area contributed by atoms with Crippen molar-refractivity contribution >= 4 is 23.8 Å². The van der Waals surface area contributed by atoms with Crippen molar-refractivity contribution in [1.29, 1.82) is 0 Å². The molecule has 0 atom stereocenters. The molecule has 6 heteroatoms. The van der Waals surface area contributed by atoms with Crippen LogP contribution >= 0.6 is 11.8 Å². The topological polar surface area (TPSA) is 54.8 Å². The SMILES string of the molecule is CSc1ccc(C2=NCN(C)C(=O)O2)cn1. The molecule has 2 heterocycles. The molecule has 2 rings (SSSR count). The second-order valence-electron chi connectivity index (χ2n) is 3.26. The van der Waals surface area contributed by atoms with Crippen LogP contribution in [-0.2, 0) is 4.74 Å². The van der Waals surface area contributed by atoms with Crippen LogP contribution in [0.25, 0.3) is 0 Å². The summed E-state index contributed by atoms with van der Waals surface area (Å²) in [4.78, 5) is 21.0. The molecule has 1 aliphatic rings. The Hall–Kier alpha value is -1.56. The van der Waals surface area contributed by atoms with E-state index >= 15 is 0 Å². The average molecular weight is 237 g/mol. The highest BCUT2D eigenvalue weighted by Gasteiger charge is 2.20. The summed E-state index contributed by atoms with van der Waals surface area (Å²) < 4.78 is 5.05. The summed E-state index contributed by atoms with van der Waals surface area (Å²) >= 11 is 1.56. The summed E-state index contributed by atoms with van der Waals surface area (Å²) in [5.74, 6) is 0.336. The molecule has 0 saturated carbocycles. The van der Waals surface area contributed by atoms with Gasteiger partial charge in [-0.25, -0.2) is 14.8 Å². The third-order valence-corrected chi connectivity index (χ3v) is 2.77. The number of aromatic nitrogens is 1. The first-order chi connectivity index (χ1) is 7.70. The van der Waals surface area contributed by atoms with Crippen molar-refractivity contribution in [3.8, 4) is 0 Å². The Morgan fingerprint density at radius 3 is 2.88 bits per heavy atom. The lowest BCUT2D eigenvalue weighted by Crippen LogP contribution is -2.35. The fourth-order valence-electron chi connectivity index (χ4n) is 1.20. The Labute approximate surface area is 97.5 Å². The summed E-state index contributed by atoms with van der Waals surface area (Å²) in [6.45, 7) is 0.318. The molecular formula is C10H11N3O2S. The van der Waals surface area contributed by atoms with E-state index in [-0.39, 0.29) is 6.09 Å². The van der Waals surface area contributed by atoms with Gasteiger partial charge in [0.25, 0.3) is 0 Å². The van der Waals surface area contributed by atoms with Crippen LogP contribution in [0.5, 0.6) is 0 Å². The lowest BCUT2D eigenvalue weighted by Gasteiger charge is -2.20. The van der Waals surface area contributed by atoms with Crippen LogP contribution in [0.4, 0.5) is 4.79 Å². The van der Waals surface area contributed by atoms with E-state index in [2.05, 4.69) is 9.98 Å². The van der Waals surface area contributed by atoms with Gasteiger partial charge in [-0.1, -0.05) is 0 Å². The molecule has 0 fully saturated rings. The van der Waals surface area contributed by atoms with Gasteiger partial charge >= 0.3 is 6.09 Å². The second kappa shape index (κ2) is 4.52. The summed E-state index contributed by atoms with van der Waals surface area (Å²) in [5.41, 5.74) is 0.722. The van der Waals surface area contributed by atoms with E-state index in [1.807, 2.05) is 18.4 Å². The number of carbonyl (C=O) groups is 1. The van der Waals surface area contributed by atoms with E-state index in [4.69, 9.17) is 4.74 Å². The van der Waals surface area contributed by atoms with Crippen molar-refractivity contribution in [2.24, 2.45) is 4.99 Å². The van der Waals surface area contributed by atoms with Crippen molar-refractivity contribution in [2.45, 2.75) is 5.03 Å². The number of hydrogen-bond donors (Lipinski definition) is 0. The maximum absolute atomic E-state index is 11.3. The zero-order valence-electron chi connectivity index (χ0n) is 9.01. The van der Waals surface area contributed by atoms with Gasteiger partial charge in [0, 0.05) is 13.2 Å². The Morgan fingerprint density at radius 2 is 2.31 bits per heavy atom. The highest BCUT2D eigenvalue weighted by Crippen LogP contribution is 2.13. The monoisotopic (exact) mass is 237 g/mol. The van der Waals surface area contributed by atoms with Crippen LogP contribution in [0.1, 0.15) is 5.56 Å². The highest BCUT2D eigenvalue weighted by molar-refractivity contribution is 7.98. The van der Waals surface area contributed by atoms with Crippen LogP contribution in [0.3, 0.4) is 0 Å². The van der Waals surface area contributed by atoms with E-state index in [0.717, 1.165) is 10.6 Å². The number of pyridine rings is 1. The van der Waals surface area contributed by atoms with Gasteiger partial charge in [-0.15, -0.1) is 11.8 Å². The molecule has 0 aliphatic carbocycles. The summed E-state index contributed by atoms with van der Waals surface area (Å²) in [5, 5.41) is 0.920. The molecule has 1 amide bonds. The van der Waals surface area contributed by atoms with Crippen LogP contribution in [0.2, 0.25) is 0 Å². The molecule has 1 aromatic heterocycles. The van der Waals surface area contributed by atoms with Gasteiger partial charge < -0.3 is 4.74 Å². The van der Waals surface area contributed by atoms with Crippen molar-refractivity contribution in [3.05, 3.63) is 23.9 Å². The van der Waals surface area contributed by atoms with Gasteiger partial charge in [0.2, 0.25) is 5.90 Å². The number of aliphatic imine (C=N–C) groups is 1. The van der Waals surface area contributed by atoms with Crippen LogP contribution < -0.4 is 0 Å². The predicted octanol–water partition coefficient (Wildman–Crippen LogP) is 1.59. The molecule has 0 spiro atoms. The molecule has 1 aromatic rings. The van der Waals surface area contributed by atoms with E-state index in [1.165, 1.54) is 4.90 Å². The van der Waals surface area contributed by atoms with E-state index in [0.29, 0.717) is 12.6 Å². The summed E-state index contributed by atoms with van der Waals surface area (Å²) in [7, 11) is 1.64. The van der Waals surface area contributed by atoms with Crippen molar-refractivity contribution in [2.75, 3.05) is 20.0 Å². The lowest BCUT2D eigenvalue weighted by molar-refractivity contribution is 0.153. The first kappa shape index (κ1) is 10.9. The second-order valence-corrected chi connectivity index (χ2v) is 4.09. The number of thioether (sulfide) groups is 1. The maximum atomic E-state index is 11.3. The molecule has 0 N–H and O–H groups in total. The molecule has 0 saturated heterocycles. The van der Waals surface area contributed by atoms with Crippen LogP contribution in [0.15, 0.2) is 28.3 Å². The van der Waals surface area contributed by atoms with Gasteiger partial charge in [0.1, 0.15) is 6.67 Å². The highest BCUT2D eigenvalue weighted by atomic mass is 32.2. The maximum Gasteiger partial charge on any atom is 0.417 e. The lowest BCUT2D eigenvalue weighted by atomic mass is 10.3. The summed E-state index contributed by atoms with van der Waals surface area (Å²) in [6.07, 6.45) is 3.22. The minimum Gasteiger partial charge on any atom is -0.391 e. The fraction of sp³-hybridized carbons (Fsp3) is 0.300. The molecule has 0 aromatic carbocycles. The number of cyclic esters (lactones) is 1. The van der Waals surface area contributed by atoms with Gasteiger partial charge in [-0.3, -0.25) is 4.90 Å². The molecule has 0 unspecified atom stereocenters. The Bertz CT molecular complexity index is 430. The van der Waals surface area contributed by atoms with E-state index in [9.17, 15) is 4.79 Å². The number of amides is 1. The Kier molecular flexibility index (Phi) is 3.09. The fourth-order valence-corrected chi connectivity index (χ4v) is 1.56. The Morgan fingerprint density at radius 1 is 1.50 bits per heavy atom. The van der Waals surface area contributed by atoms with Crippen molar-refractivity contribution in [3.63, 3.8) is 0 Å². The number of ether oxygens (including phenoxy) is 1. The van der Waals surface area contributed by atoms with Crippen molar-refractivity contribution < 1.29 is 9.53 Å². The van der Waals surface area contributed by atoms with Crippen LogP contribution in [0, 0.1) is 0 Å². The quantitative estimate of drug-likeness (QED) is 0.733. The molecule has 0 bridgehead atoms. The van der Waals surface area contributed by atoms with Gasteiger partial charge in [0.05, 0.1) is 10.6 Å². The first-order valence-electron chi connectivity index (χ1n) is 4.68. The number of carbonyl (C=O) groups excluding carboxylic acids is 1. The van der Waals surface area contributed by atoms with E-state index in [1.54, 1.807) is 25.0 Å². The third kappa shape index (κ3) is 2.16. The standard InChI is InChI=1S/C10H11N3O2S/c1-13-6-12-9(15-10(13)14)7-3-4-8(16-2)11-5-7/h3-5H,6H2,1-2H3. The molecule has 0 radical (unpaired) electrons. The first-order valence-corrected chi connectivity index (χ1v) is 5.91. The summed E-state index contributed by atoms with van der Waals surface area (Å²) in [6, 6.07) is 3.71. The largest absolute Gasteiger partial charge is 0.417 e.